The first-order chi connectivity index (χ1) is 5.34. The van der Waals surface area contributed by atoms with E-state index < -0.39 is 0 Å². The van der Waals surface area contributed by atoms with Crippen molar-refractivity contribution in [1.29, 1.82) is 0 Å². The molecule has 0 aromatic heterocycles. The number of benzene rings is 1. The minimum absolute atomic E-state index is 0.700. The zero-order valence-corrected chi connectivity index (χ0v) is 6.49. The average Bonchev–Trinajstić information content (AvgIpc) is 2.07. The molecular formula is C8H12N2O. The van der Waals surface area contributed by atoms with Gasteiger partial charge in [-0.1, -0.05) is 25.1 Å². The van der Waals surface area contributed by atoms with Gasteiger partial charge in [0.2, 0.25) is 0 Å². The van der Waals surface area contributed by atoms with Crippen LogP contribution in [-0.4, -0.2) is 11.8 Å². The van der Waals surface area contributed by atoms with Crippen LogP contribution < -0.4 is 10.6 Å². The highest BCUT2D eigenvalue weighted by Gasteiger charge is 1.96. The number of rotatable bonds is 3. The van der Waals surface area contributed by atoms with Crippen LogP contribution in [0, 0.1) is 0 Å². The van der Waals surface area contributed by atoms with Gasteiger partial charge in [-0.25, -0.2) is 5.43 Å². The molecular weight excluding hydrogens is 140 g/mol. The van der Waals surface area contributed by atoms with Crippen molar-refractivity contribution in [3.05, 3.63) is 30.3 Å². The normalized spacial score (nSPS) is 9.64. The Labute approximate surface area is 66.2 Å². The molecule has 1 rings (SSSR count). The lowest BCUT2D eigenvalue weighted by Crippen LogP contribution is -2.34. The van der Waals surface area contributed by atoms with E-state index in [1.54, 1.807) is 0 Å². The van der Waals surface area contributed by atoms with Crippen molar-refractivity contribution in [2.75, 3.05) is 11.7 Å². The maximum absolute atomic E-state index is 9.24. The van der Waals surface area contributed by atoms with E-state index in [1.807, 2.05) is 37.3 Å². The van der Waals surface area contributed by atoms with Gasteiger partial charge < -0.3 is 0 Å². The van der Waals surface area contributed by atoms with Crippen LogP contribution in [-0.2, 0) is 0 Å². The van der Waals surface area contributed by atoms with Crippen molar-refractivity contribution >= 4 is 5.69 Å². The van der Waals surface area contributed by atoms with E-state index in [-0.39, 0.29) is 0 Å². The van der Waals surface area contributed by atoms with Gasteiger partial charge in [-0.3, -0.25) is 5.21 Å². The quantitative estimate of drug-likeness (QED) is 0.643. The fraction of sp³-hybridized carbons (Fsp3) is 0.250. The standard InChI is InChI=1S/C8H12N2O/c1-2-9-10(11)8-6-4-3-5-7-8/h3-7,9,11H,2H2,1H3. The van der Waals surface area contributed by atoms with Crippen LogP contribution in [0.25, 0.3) is 0 Å². The van der Waals surface area contributed by atoms with E-state index in [4.69, 9.17) is 0 Å². The first-order valence-corrected chi connectivity index (χ1v) is 3.62. The fourth-order valence-electron chi connectivity index (χ4n) is 0.810. The third-order valence-corrected chi connectivity index (χ3v) is 1.31. The molecule has 0 amide bonds. The van der Waals surface area contributed by atoms with Gasteiger partial charge in [0.15, 0.2) is 0 Å². The number of anilines is 1. The van der Waals surface area contributed by atoms with Crippen LogP contribution in [0.3, 0.4) is 0 Å². The molecule has 0 atom stereocenters. The molecule has 0 bridgehead atoms. The summed E-state index contributed by atoms with van der Waals surface area (Å²) in [6, 6.07) is 9.29. The second-order valence-electron chi connectivity index (χ2n) is 2.16. The van der Waals surface area contributed by atoms with Crippen LogP contribution in [0.2, 0.25) is 0 Å². The molecule has 0 fully saturated rings. The molecule has 1 aromatic rings. The lowest BCUT2D eigenvalue weighted by Gasteiger charge is -2.15. The predicted octanol–water partition coefficient (Wildman–Crippen LogP) is 1.41. The lowest BCUT2D eigenvalue weighted by molar-refractivity contribution is 0.214. The molecule has 0 unspecified atom stereocenters. The van der Waals surface area contributed by atoms with E-state index in [0.29, 0.717) is 6.54 Å². The van der Waals surface area contributed by atoms with Gasteiger partial charge in [0.1, 0.15) is 0 Å². The zero-order chi connectivity index (χ0) is 8.10. The fourth-order valence-corrected chi connectivity index (χ4v) is 0.810. The molecule has 1 aromatic carbocycles. The largest absolute Gasteiger partial charge is 0.273 e. The summed E-state index contributed by atoms with van der Waals surface area (Å²) < 4.78 is 0. The Morgan fingerprint density at radius 1 is 1.36 bits per heavy atom. The van der Waals surface area contributed by atoms with Crippen molar-refractivity contribution in [2.24, 2.45) is 0 Å². The number of hydrazine groups is 1. The van der Waals surface area contributed by atoms with E-state index in [2.05, 4.69) is 5.43 Å². The molecule has 0 aliphatic rings. The van der Waals surface area contributed by atoms with Crippen molar-refractivity contribution in [2.45, 2.75) is 6.92 Å². The maximum atomic E-state index is 9.24. The van der Waals surface area contributed by atoms with Gasteiger partial charge in [0.25, 0.3) is 0 Å². The van der Waals surface area contributed by atoms with Crippen LogP contribution >= 0.6 is 0 Å². The average molecular weight is 152 g/mol. The van der Waals surface area contributed by atoms with E-state index in [1.165, 1.54) is 0 Å². The van der Waals surface area contributed by atoms with Gasteiger partial charge >= 0.3 is 0 Å². The summed E-state index contributed by atoms with van der Waals surface area (Å²) in [5.74, 6) is 0. The highest BCUT2D eigenvalue weighted by Crippen LogP contribution is 2.07. The third kappa shape index (κ3) is 2.22. The molecule has 0 aliphatic carbocycles. The lowest BCUT2D eigenvalue weighted by atomic mass is 10.3. The Kier molecular flexibility index (Phi) is 2.89. The van der Waals surface area contributed by atoms with Crippen LogP contribution in [0.15, 0.2) is 30.3 Å². The van der Waals surface area contributed by atoms with Crippen molar-refractivity contribution in [3.8, 4) is 0 Å². The van der Waals surface area contributed by atoms with Gasteiger partial charge in [-0.15, -0.1) is 0 Å². The Morgan fingerprint density at radius 2 is 2.00 bits per heavy atom. The molecule has 0 spiro atoms. The summed E-state index contributed by atoms with van der Waals surface area (Å²) in [6.45, 7) is 2.62. The van der Waals surface area contributed by atoms with Crippen molar-refractivity contribution < 1.29 is 5.21 Å². The van der Waals surface area contributed by atoms with Crippen LogP contribution in [0.4, 0.5) is 5.69 Å². The van der Waals surface area contributed by atoms with Gasteiger partial charge in [-0.2, -0.15) is 5.17 Å². The second-order valence-corrected chi connectivity index (χ2v) is 2.16. The van der Waals surface area contributed by atoms with Crippen molar-refractivity contribution in [1.82, 2.24) is 5.43 Å². The number of para-hydroxylation sites is 1. The molecule has 0 saturated carbocycles. The molecule has 0 radical (unpaired) electrons. The topological polar surface area (TPSA) is 35.5 Å². The molecule has 0 heterocycles. The summed E-state index contributed by atoms with van der Waals surface area (Å²) in [5.41, 5.74) is 3.50. The molecule has 2 N–H and O–H groups in total. The second kappa shape index (κ2) is 3.95. The minimum Gasteiger partial charge on any atom is -0.273 e. The number of hydrogen-bond donors (Lipinski definition) is 2. The van der Waals surface area contributed by atoms with Gasteiger partial charge in [-0.05, 0) is 12.1 Å². The van der Waals surface area contributed by atoms with Gasteiger partial charge in [0, 0.05) is 6.54 Å². The molecule has 60 valence electrons. The molecule has 0 saturated heterocycles. The summed E-state index contributed by atoms with van der Waals surface area (Å²) in [6.07, 6.45) is 0. The van der Waals surface area contributed by atoms with E-state index in [9.17, 15) is 5.21 Å². The Balaban J connectivity index is 2.61. The summed E-state index contributed by atoms with van der Waals surface area (Å²) >= 11 is 0. The number of nitrogens with zero attached hydrogens (tertiary/aromatic N) is 1. The Bertz CT molecular complexity index is 201. The minimum atomic E-state index is 0.700. The summed E-state index contributed by atoms with van der Waals surface area (Å²) in [5, 5.41) is 10.3. The monoisotopic (exact) mass is 152 g/mol. The highest BCUT2D eigenvalue weighted by molar-refractivity contribution is 5.41. The SMILES string of the molecule is CCNN(O)c1ccccc1. The zero-order valence-electron chi connectivity index (χ0n) is 6.49. The summed E-state index contributed by atoms with van der Waals surface area (Å²) in [4.78, 5) is 0. The molecule has 3 nitrogen and oxygen atoms in total. The summed E-state index contributed by atoms with van der Waals surface area (Å²) in [7, 11) is 0. The van der Waals surface area contributed by atoms with Crippen molar-refractivity contribution in [3.63, 3.8) is 0 Å². The van der Waals surface area contributed by atoms with Crippen LogP contribution in [0.1, 0.15) is 6.92 Å². The predicted molar refractivity (Wildman–Crippen MR) is 44.4 cm³/mol. The molecule has 3 heteroatoms. The van der Waals surface area contributed by atoms with Crippen LogP contribution in [0.5, 0.6) is 0 Å². The van der Waals surface area contributed by atoms with E-state index in [0.717, 1.165) is 10.9 Å². The smallest absolute Gasteiger partial charge is 0.0820 e. The molecule has 11 heavy (non-hydrogen) atoms. The highest BCUT2D eigenvalue weighted by atomic mass is 16.5. The molecule has 0 aliphatic heterocycles. The first kappa shape index (κ1) is 8.04. The van der Waals surface area contributed by atoms with Gasteiger partial charge in [0.05, 0.1) is 5.69 Å². The maximum Gasteiger partial charge on any atom is 0.0820 e. The number of hydrogen-bond acceptors (Lipinski definition) is 3. The Morgan fingerprint density at radius 3 is 2.55 bits per heavy atom. The third-order valence-electron chi connectivity index (χ3n) is 1.31. The first-order valence-electron chi connectivity index (χ1n) is 3.62. The number of nitrogens with one attached hydrogen (secondary N) is 1. The Hall–Kier alpha value is -1.06. The van der Waals surface area contributed by atoms with E-state index >= 15 is 0 Å².